The van der Waals surface area contributed by atoms with Gasteiger partial charge in [0, 0.05) is 43.7 Å². The highest BCUT2D eigenvalue weighted by Crippen LogP contribution is 2.30. The zero-order valence-corrected chi connectivity index (χ0v) is 15.6. The Balaban J connectivity index is 1.80. The fraction of sp³-hybridized carbons (Fsp3) is 0.444. The van der Waals surface area contributed by atoms with E-state index in [0.29, 0.717) is 38.5 Å². The monoisotopic (exact) mass is 374 g/mol. The molecule has 0 unspecified atom stereocenters. The van der Waals surface area contributed by atoms with E-state index in [4.69, 9.17) is 14.7 Å². The van der Waals surface area contributed by atoms with Crippen LogP contribution in [0.2, 0.25) is 0 Å². The Morgan fingerprint density at radius 3 is 2.46 bits per heavy atom. The molecule has 4 rings (SSSR count). The van der Waals surface area contributed by atoms with Crippen LogP contribution in [-0.4, -0.2) is 61.8 Å². The summed E-state index contributed by atoms with van der Waals surface area (Å²) in [5, 5.41) is 0. The quantitative estimate of drug-likeness (QED) is 0.806. The van der Waals surface area contributed by atoms with Gasteiger partial charge in [0.15, 0.2) is 5.82 Å². The molecule has 3 heterocycles. The molecule has 1 aromatic heterocycles. The van der Waals surface area contributed by atoms with E-state index in [1.807, 2.05) is 30.3 Å². The molecule has 0 N–H and O–H groups in total. The second kappa shape index (κ2) is 6.94. The van der Waals surface area contributed by atoms with Crippen LogP contribution in [0.15, 0.2) is 30.3 Å². The molecule has 26 heavy (non-hydrogen) atoms. The molecular weight excluding hydrogens is 352 g/mol. The van der Waals surface area contributed by atoms with E-state index >= 15 is 0 Å². The number of hydrogen-bond donors (Lipinski definition) is 0. The highest BCUT2D eigenvalue weighted by Gasteiger charge is 2.29. The maximum absolute atomic E-state index is 12.0. The number of hydrogen-bond acceptors (Lipinski definition) is 6. The van der Waals surface area contributed by atoms with Crippen molar-refractivity contribution in [1.29, 1.82) is 0 Å². The Morgan fingerprint density at radius 2 is 1.77 bits per heavy atom. The van der Waals surface area contributed by atoms with Crippen LogP contribution in [0.5, 0.6) is 0 Å². The average Bonchev–Trinajstić information content (AvgIpc) is 2.67. The summed E-state index contributed by atoms with van der Waals surface area (Å²) in [6.07, 6.45) is 1.85. The molecule has 2 aromatic rings. The first-order chi connectivity index (χ1) is 12.5. The van der Waals surface area contributed by atoms with Gasteiger partial charge in [0.05, 0.1) is 25.2 Å². The summed E-state index contributed by atoms with van der Waals surface area (Å²) in [6.45, 7) is 3.58. The second-order valence-corrected chi connectivity index (χ2v) is 8.59. The third-order valence-electron chi connectivity index (χ3n) is 4.82. The van der Waals surface area contributed by atoms with Crippen molar-refractivity contribution in [2.24, 2.45) is 0 Å². The summed E-state index contributed by atoms with van der Waals surface area (Å²) in [7, 11) is -3.24. The summed E-state index contributed by atoms with van der Waals surface area (Å²) in [5.41, 5.74) is 2.83. The van der Waals surface area contributed by atoms with Crippen LogP contribution in [0.1, 0.15) is 11.3 Å². The minimum Gasteiger partial charge on any atom is -0.378 e. The second-order valence-electron chi connectivity index (χ2n) is 6.61. The number of fused-ring (bicyclic) bond motifs is 1. The van der Waals surface area contributed by atoms with Crippen molar-refractivity contribution in [3.05, 3.63) is 41.6 Å². The van der Waals surface area contributed by atoms with Gasteiger partial charge in [-0.15, -0.1) is 0 Å². The molecule has 0 amide bonds. The van der Waals surface area contributed by atoms with Crippen molar-refractivity contribution >= 4 is 15.8 Å². The summed E-state index contributed by atoms with van der Waals surface area (Å²) >= 11 is 0. The van der Waals surface area contributed by atoms with E-state index in [1.165, 1.54) is 10.6 Å². The zero-order chi connectivity index (χ0) is 18.1. The maximum Gasteiger partial charge on any atom is 0.211 e. The summed E-state index contributed by atoms with van der Waals surface area (Å²) in [6, 6.07) is 9.90. The first-order valence-electron chi connectivity index (χ1n) is 8.75. The minimum absolute atomic E-state index is 0.329. The summed E-state index contributed by atoms with van der Waals surface area (Å²) in [4.78, 5) is 11.8. The van der Waals surface area contributed by atoms with Crippen LogP contribution in [0.3, 0.4) is 0 Å². The van der Waals surface area contributed by atoms with Crippen LogP contribution in [-0.2, 0) is 27.7 Å². The van der Waals surface area contributed by atoms with E-state index in [2.05, 4.69) is 4.90 Å². The van der Waals surface area contributed by atoms with Gasteiger partial charge in [-0.2, -0.15) is 4.31 Å². The maximum atomic E-state index is 12.0. The molecule has 2 aliphatic rings. The molecule has 138 valence electrons. The standard InChI is InChI=1S/C18H22N4O3S/c1-26(23,24)22-8-7-16-15(13-22)18(21-9-11-25-12-10-21)20-17(19-16)14-5-3-2-4-6-14/h2-6H,7-13H2,1H3. The first kappa shape index (κ1) is 17.4. The molecule has 0 aliphatic carbocycles. The lowest BCUT2D eigenvalue weighted by Gasteiger charge is -2.33. The van der Waals surface area contributed by atoms with Crippen molar-refractivity contribution in [2.45, 2.75) is 13.0 Å². The van der Waals surface area contributed by atoms with Gasteiger partial charge in [0.1, 0.15) is 5.82 Å². The molecule has 7 nitrogen and oxygen atoms in total. The fourth-order valence-corrected chi connectivity index (χ4v) is 4.19. The molecule has 2 aliphatic heterocycles. The Morgan fingerprint density at radius 1 is 1.04 bits per heavy atom. The largest absolute Gasteiger partial charge is 0.378 e. The molecule has 1 saturated heterocycles. The van der Waals surface area contributed by atoms with E-state index in [-0.39, 0.29) is 0 Å². The molecule has 0 saturated carbocycles. The van der Waals surface area contributed by atoms with Gasteiger partial charge < -0.3 is 9.64 Å². The number of anilines is 1. The number of ether oxygens (including phenoxy) is 1. The Hall–Kier alpha value is -2.03. The average molecular weight is 374 g/mol. The van der Waals surface area contributed by atoms with Crippen molar-refractivity contribution < 1.29 is 13.2 Å². The summed E-state index contributed by atoms with van der Waals surface area (Å²) in [5.74, 6) is 1.53. The van der Waals surface area contributed by atoms with Crippen LogP contribution in [0, 0.1) is 0 Å². The third-order valence-corrected chi connectivity index (χ3v) is 6.06. The SMILES string of the molecule is CS(=O)(=O)N1CCc2nc(-c3ccccc3)nc(N3CCOCC3)c2C1. The number of aromatic nitrogens is 2. The smallest absolute Gasteiger partial charge is 0.211 e. The van der Waals surface area contributed by atoms with Gasteiger partial charge in [0.25, 0.3) is 0 Å². The number of morpholine rings is 1. The molecule has 0 atom stereocenters. The highest BCUT2D eigenvalue weighted by molar-refractivity contribution is 7.88. The molecule has 0 bridgehead atoms. The van der Waals surface area contributed by atoms with Crippen LogP contribution in [0.25, 0.3) is 11.4 Å². The van der Waals surface area contributed by atoms with Crippen molar-refractivity contribution in [3.63, 3.8) is 0 Å². The van der Waals surface area contributed by atoms with Crippen LogP contribution < -0.4 is 4.90 Å². The lowest BCUT2D eigenvalue weighted by molar-refractivity contribution is 0.122. The first-order valence-corrected chi connectivity index (χ1v) is 10.6. The van der Waals surface area contributed by atoms with E-state index in [1.54, 1.807) is 0 Å². The number of nitrogens with zero attached hydrogens (tertiary/aromatic N) is 4. The molecule has 8 heteroatoms. The zero-order valence-electron chi connectivity index (χ0n) is 14.8. The van der Waals surface area contributed by atoms with E-state index in [0.717, 1.165) is 35.7 Å². The van der Waals surface area contributed by atoms with Crippen molar-refractivity contribution in [1.82, 2.24) is 14.3 Å². The predicted molar refractivity (Wildman–Crippen MR) is 99.5 cm³/mol. The molecule has 1 aromatic carbocycles. The number of benzene rings is 1. The molecule has 0 radical (unpaired) electrons. The van der Waals surface area contributed by atoms with Crippen molar-refractivity contribution in [2.75, 3.05) is 44.0 Å². The molecule has 1 fully saturated rings. The van der Waals surface area contributed by atoms with Crippen LogP contribution in [0.4, 0.5) is 5.82 Å². The fourth-order valence-electron chi connectivity index (χ4n) is 3.41. The van der Waals surface area contributed by atoms with Crippen LogP contribution >= 0.6 is 0 Å². The normalized spacial score (nSPS) is 18.6. The lowest BCUT2D eigenvalue weighted by Crippen LogP contribution is -2.41. The molecule has 0 spiro atoms. The van der Waals surface area contributed by atoms with E-state index in [9.17, 15) is 8.42 Å². The van der Waals surface area contributed by atoms with Gasteiger partial charge in [-0.05, 0) is 0 Å². The number of sulfonamides is 1. The van der Waals surface area contributed by atoms with Crippen molar-refractivity contribution in [3.8, 4) is 11.4 Å². The van der Waals surface area contributed by atoms with Gasteiger partial charge in [0.2, 0.25) is 10.0 Å². The van der Waals surface area contributed by atoms with Gasteiger partial charge in [-0.1, -0.05) is 30.3 Å². The molecular formula is C18H22N4O3S. The minimum atomic E-state index is -3.24. The topological polar surface area (TPSA) is 75.6 Å². The van der Waals surface area contributed by atoms with E-state index < -0.39 is 10.0 Å². The lowest BCUT2D eigenvalue weighted by atomic mass is 10.1. The number of rotatable bonds is 3. The highest BCUT2D eigenvalue weighted by atomic mass is 32.2. The third kappa shape index (κ3) is 3.44. The Kier molecular flexibility index (Phi) is 4.64. The Labute approximate surface area is 153 Å². The van der Waals surface area contributed by atoms with Gasteiger partial charge in [-0.25, -0.2) is 18.4 Å². The van der Waals surface area contributed by atoms with Gasteiger partial charge >= 0.3 is 0 Å². The van der Waals surface area contributed by atoms with Gasteiger partial charge in [-0.3, -0.25) is 0 Å². The predicted octanol–water partition coefficient (Wildman–Crippen LogP) is 1.30. The summed E-state index contributed by atoms with van der Waals surface area (Å²) < 4.78 is 31.0. The Bertz CT molecular complexity index is 896.